The number of hydrogen-bond donors (Lipinski definition) is 0. The van der Waals surface area contributed by atoms with Gasteiger partial charge in [0.25, 0.3) is 0 Å². The van der Waals surface area contributed by atoms with E-state index >= 15 is 0 Å². The fraction of sp³-hybridized carbons (Fsp3) is 0. The summed E-state index contributed by atoms with van der Waals surface area (Å²) >= 11 is 1.85. The Bertz CT molecular complexity index is 3030. The minimum Gasteiger partial charge on any atom is -0.456 e. The second kappa shape index (κ2) is 8.81. The lowest BCUT2D eigenvalue weighted by Crippen LogP contribution is -1.93. The molecule has 0 unspecified atom stereocenters. The highest BCUT2D eigenvalue weighted by atomic mass is 32.1. The van der Waals surface area contributed by atoms with Crippen molar-refractivity contribution in [2.24, 2.45) is 0 Å². The van der Waals surface area contributed by atoms with Crippen LogP contribution < -0.4 is 0 Å². The molecule has 11 aromatic rings. The second-order valence-electron chi connectivity index (χ2n) is 11.8. The zero-order chi connectivity index (χ0) is 29.9. The monoisotopic (exact) mass is 606 g/mol. The molecule has 0 radical (unpaired) electrons. The zero-order valence-electron chi connectivity index (χ0n) is 24.3. The van der Waals surface area contributed by atoms with Crippen molar-refractivity contribution in [3.8, 4) is 11.4 Å². The lowest BCUT2D eigenvalue weighted by molar-refractivity contribution is 0.669. The predicted molar refractivity (Wildman–Crippen MR) is 191 cm³/mol. The first-order chi connectivity index (χ1) is 22.8. The van der Waals surface area contributed by atoms with Crippen LogP contribution in [0, 0.1) is 0 Å². The first-order valence-electron chi connectivity index (χ1n) is 15.3. The molecule has 11 rings (SSSR count). The third-order valence-electron chi connectivity index (χ3n) is 9.41. The lowest BCUT2D eigenvalue weighted by Gasteiger charge is -2.08. The highest BCUT2D eigenvalue weighted by Gasteiger charge is 2.22. The van der Waals surface area contributed by atoms with Crippen molar-refractivity contribution >= 4 is 97.3 Å². The molecule has 0 saturated carbocycles. The van der Waals surface area contributed by atoms with Gasteiger partial charge in [0.1, 0.15) is 11.2 Å². The van der Waals surface area contributed by atoms with Gasteiger partial charge >= 0.3 is 0 Å². The van der Waals surface area contributed by atoms with E-state index in [1.54, 1.807) is 0 Å². The Morgan fingerprint density at radius 3 is 1.76 bits per heavy atom. The van der Waals surface area contributed by atoms with Crippen LogP contribution in [-0.2, 0) is 0 Å². The summed E-state index contributed by atoms with van der Waals surface area (Å²) in [6, 6.07) is 42.8. The van der Waals surface area contributed by atoms with E-state index in [1.807, 2.05) is 48.0 Å². The number of fused-ring (bicyclic) bond motifs is 14. The summed E-state index contributed by atoms with van der Waals surface area (Å²) in [6.07, 6.45) is 3.81. The molecule has 214 valence electrons. The molecule has 0 fully saturated rings. The van der Waals surface area contributed by atoms with Gasteiger partial charge in [-0.2, -0.15) is 0 Å². The highest BCUT2D eigenvalue weighted by molar-refractivity contribution is 7.27. The maximum Gasteiger partial charge on any atom is 0.135 e. The van der Waals surface area contributed by atoms with E-state index in [0.29, 0.717) is 0 Å². The number of rotatable bonds is 2. The van der Waals surface area contributed by atoms with Gasteiger partial charge in [-0.1, -0.05) is 48.5 Å². The van der Waals surface area contributed by atoms with Crippen LogP contribution >= 0.6 is 11.3 Å². The number of pyridine rings is 2. The summed E-state index contributed by atoms with van der Waals surface area (Å²) in [6.45, 7) is 0. The molecule has 6 aromatic heterocycles. The maximum atomic E-state index is 6.16. The summed E-state index contributed by atoms with van der Waals surface area (Å²) in [5, 5.41) is 7.10. The lowest BCUT2D eigenvalue weighted by atomic mass is 10.1. The summed E-state index contributed by atoms with van der Waals surface area (Å²) in [7, 11) is 0. The summed E-state index contributed by atoms with van der Waals surface area (Å²) < 4.78 is 13.3. The fourth-order valence-corrected chi connectivity index (χ4v) is 8.89. The normalized spacial score (nSPS) is 12.3. The summed E-state index contributed by atoms with van der Waals surface area (Å²) in [4.78, 5) is 9.92. The van der Waals surface area contributed by atoms with Crippen molar-refractivity contribution in [3.63, 3.8) is 0 Å². The molecule has 46 heavy (non-hydrogen) atoms. The maximum absolute atomic E-state index is 6.16. The Labute approximate surface area is 265 Å². The smallest absolute Gasteiger partial charge is 0.135 e. The van der Waals surface area contributed by atoms with Crippen LogP contribution in [0.4, 0.5) is 0 Å². The topological polar surface area (TPSA) is 48.8 Å². The van der Waals surface area contributed by atoms with Crippen LogP contribution in [0.25, 0.3) is 97.4 Å². The van der Waals surface area contributed by atoms with Gasteiger partial charge in [-0.25, -0.2) is 0 Å². The van der Waals surface area contributed by atoms with Crippen molar-refractivity contribution in [2.75, 3.05) is 0 Å². The molecule has 0 atom stereocenters. The van der Waals surface area contributed by atoms with E-state index in [4.69, 9.17) is 14.4 Å². The molecule has 0 aliphatic carbocycles. The van der Waals surface area contributed by atoms with Crippen LogP contribution in [0.3, 0.4) is 0 Å². The number of thiophene rings is 1. The summed E-state index contributed by atoms with van der Waals surface area (Å²) in [5.41, 5.74) is 10.5. The molecule has 0 N–H and O–H groups in total. The third-order valence-corrected chi connectivity index (χ3v) is 10.7. The van der Waals surface area contributed by atoms with E-state index in [0.717, 1.165) is 66.4 Å². The van der Waals surface area contributed by atoms with Crippen molar-refractivity contribution in [1.82, 2.24) is 19.1 Å². The van der Waals surface area contributed by atoms with Crippen molar-refractivity contribution < 1.29 is 4.42 Å². The Balaban J connectivity index is 1.26. The van der Waals surface area contributed by atoms with Gasteiger partial charge < -0.3 is 13.6 Å². The van der Waals surface area contributed by atoms with Gasteiger partial charge in [-0.05, 0) is 72.8 Å². The van der Waals surface area contributed by atoms with Gasteiger partial charge in [0, 0.05) is 65.5 Å². The van der Waals surface area contributed by atoms with Crippen LogP contribution in [0.15, 0.2) is 138 Å². The second-order valence-corrected chi connectivity index (χ2v) is 12.8. The third kappa shape index (κ3) is 3.08. The fourth-order valence-electron chi connectivity index (χ4n) is 7.50. The van der Waals surface area contributed by atoms with Crippen LogP contribution in [0.5, 0.6) is 0 Å². The summed E-state index contributed by atoms with van der Waals surface area (Å²) in [5.74, 6) is 0. The van der Waals surface area contributed by atoms with Gasteiger partial charge in [0.15, 0.2) is 0 Å². The molecule has 0 saturated heterocycles. The van der Waals surface area contributed by atoms with E-state index in [1.165, 1.54) is 30.9 Å². The molecule has 0 bridgehead atoms. The van der Waals surface area contributed by atoms with Crippen molar-refractivity contribution in [2.45, 2.75) is 0 Å². The van der Waals surface area contributed by atoms with Crippen LogP contribution in [0.2, 0.25) is 0 Å². The average Bonchev–Trinajstić information content (AvgIpc) is 3.85. The number of nitrogens with zero attached hydrogens (tertiary/aromatic N) is 4. The van der Waals surface area contributed by atoms with Crippen LogP contribution in [-0.4, -0.2) is 19.1 Å². The van der Waals surface area contributed by atoms with Gasteiger partial charge in [0.2, 0.25) is 0 Å². The first kappa shape index (κ1) is 24.4. The molecule has 0 amide bonds. The first-order valence-corrected chi connectivity index (χ1v) is 16.1. The minimum atomic E-state index is 0.892. The quantitative estimate of drug-likeness (QED) is 0.197. The Morgan fingerprint density at radius 2 is 1.07 bits per heavy atom. The molecular weight excluding hydrogens is 585 g/mol. The number of para-hydroxylation sites is 2. The number of aromatic nitrogens is 4. The predicted octanol–water partition coefficient (Wildman–Crippen LogP) is 10.9. The van der Waals surface area contributed by atoms with Crippen molar-refractivity contribution in [1.29, 1.82) is 0 Å². The number of benzene rings is 5. The van der Waals surface area contributed by atoms with Crippen molar-refractivity contribution in [3.05, 3.63) is 134 Å². The van der Waals surface area contributed by atoms with Crippen LogP contribution in [0.1, 0.15) is 0 Å². The Kier molecular flexibility index (Phi) is 4.66. The standard InChI is InChI=1S/C40H22N4OS/c1-2-8-23(9-3-1)43-29-17-15-26-27-16-18-30-36(40(27)46-39(26)35(29)37-31(43)11-6-20-41-37)38-32(12-7-21-42-38)44(30)24-14-19-34-28(22-24)25-10-4-5-13-33(25)45-34/h1-22H. The van der Waals surface area contributed by atoms with Gasteiger partial charge in [0.05, 0.1) is 33.1 Å². The van der Waals surface area contributed by atoms with Gasteiger partial charge in [-0.3, -0.25) is 9.97 Å². The molecule has 5 nitrogen and oxygen atoms in total. The zero-order valence-corrected chi connectivity index (χ0v) is 25.1. The van der Waals surface area contributed by atoms with E-state index in [9.17, 15) is 0 Å². The Hall–Kier alpha value is -5.98. The average molecular weight is 607 g/mol. The van der Waals surface area contributed by atoms with E-state index < -0.39 is 0 Å². The molecule has 0 aliphatic heterocycles. The number of furan rings is 1. The molecule has 6 heterocycles. The molecule has 0 spiro atoms. The Morgan fingerprint density at radius 1 is 0.457 bits per heavy atom. The minimum absolute atomic E-state index is 0.892. The highest BCUT2D eigenvalue weighted by Crippen LogP contribution is 2.47. The number of hydrogen-bond acceptors (Lipinski definition) is 4. The molecule has 6 heteroatoms. The largest absolute Gasteiger partial charge is 0.456 e. The molecular formula is C40H22N4OS. The van der Waals surface area contributed by atoms with Gasteiger partial charge in [-0.15, -0.1) is 11.3 Å². The SMILES string of the molecule is c1ccc(-n2c3cccnc3c3c4sc5c(ccc6c5c5ncccc5n6-c5ccc6oc7ccccc7c6c5)c4ccc32)cc1. The molecule has 0 aliphatic rings. The van der Waals surface area contributed by atoms with E-state index in [-0.39, 0.29) is 0 Å². The van der Waals surface area contributed by atoms with E-state index in [2.05, 4.69) is 106 Å². The molecule has 5 aromatic carbocycles.